The molecule has 0 radical (unpaired) electrons. The van der Waals surface area contributed by atoms with Gasteiger partial charge in [-0.25, -0.2) is 0 Å². The van der Waals surface area contributed by atoms with Crippen LogP contribution in [0.1, 0.15) is 24.8 Å². The lowest BCUT2D eigenvalue weighted by Gasteiger charge is -2.36. The predicted molar refractivity (Wildman–Crippen MR) is 72.4 cm³/mol. The maximum absolute atomic E-state index is 9.99. The minimum Gasteiger partial charge on any atom is -0.388 e. The van der Waals surface area contributed by atoms with Crippen LogP contribution in [0.15, 0.2) is 23.5 Å². The van der Waals surface area contributed by atoms with E-state index < -0.39 is 5.60 Å². The van der Waals surface area contributed by atoms with E-state index in [1.807, 2.05) is 17.8 Å². The molecule has 1 aliphatic rings. The number of rotatable bonds is 4. The molecule has 1 heterocycles. The average molecular weight is 250 g/mol. The van der Waals surface area contributed by atoms with Crippen molar-refractivity contribution in [3.8, 4) is 0 Å². The smallest absolute Gasteiger partial charge is 0.191 e. The zero-order chi connectivity index (χ0) is 13.0. The van der Waals surface area contributed by atoms with Gasteiger partial charge < -0.3 is 20.3 Å². The first-order chi connectivity index (χ1) is 8.61. The van der Waals surface area contributed by atoms with Crippen molar-refractivity contribution in [3.05, 3.63) is 24.0 Å². The van der Waals surface area contributed by atoms with Gasteiger partial charge >= 0.3 is 0 Å². The molecule has 5 heteroatoms. The summed E-state index contributed by atoms with van der Waals surface area (Å²) in [5, 5.41) is 16.4. The molecule has 0 bridgehead atoms. The van der Waals surface area contributed by atoms with Crippen LogP contribution in [0.5, 0.6) is 0 Å². The number of aryl methyl sites for hydroxylation is 1. The highest BCUT2D eigenvalue weighted by Gasteiger charge is 2.34. The predicted octanol–water partition coefficient (Wildman–Crippen LogP) is 0.605. The second-order valence-electron chi connectivity index (χ2n) is 5.04. The summed E-state index contributed by atoms with van der Waals surface area (Å²) in [6.07, 6.45) is 6.98. The first-order valence-corrected chi connectivity index (χ1v) is 6.39. The molecule has 1 saturated carbocycles. The minimum absolute atomic E-state index is 0.523. The van der Waals surface area contributed by atoms with Gasteiger partial charge in [0, 0.05) is 39.6 Å². The lowest BCUT2D eigenvalue weighted by molar-refractivity contribution is -0.0279. The lowest BCUT2D eigenvalue weighted by Crippen LogP contribution is -2.50. The van der Waals surface area contributed by atoms with Crippen LogP contribution in [-0.2, 0) is 13.6 Å². The van der Waals surface area contributed by atoms with Crippen molar-refractivity contribution >= 4 is 5.96 Å². The zero-order valence-corrected chi connectivity index (χ0v) is 11.1. The van der Waals surface area contributed by atoms with E-state index in [0.717, 1.165) is 31.8 Å². The SMILES string of the molecule is CN=C(NCc1ccn(C)c1)NCC1(O)CCC1. The van der Waals surface area contributed by atoms with Gasteiger partial charge in [0.05, 0.1) is 5.60 Å². The van der Waals surface area contributed by atoms with E-state index in [1.165, 1.54) is 5.56 Å². The van der Waals surface area contributed by atoms with Crippen molar-refractivity contribution in [2.45, 2.75) is 31.4 Å². The van der Waals surface area contributed by atoms with Crippen LogP contribution < -0.4 is 10.6 Å². The van der Waals surface area contributed by atoms with Crippen LogP contribution in [-0.4, -0.2) is 34.8 Å². The summed E-state index contributed by atoms with van der Waals surface area (Å²) < 4.78 is 2.02. The van der Waals surface area contributed by atoms with Crippen molar-refractivity contribution in [2.24, 2.45) is 12.0 Å². The number of aromatic nitrogens is 1. The highest BCUT2D eigenvalue weighted by Crippen LogP contribution is 2.30. The normalized spacial score (nSPS) is 18.3. The van der Waals surface area contributed by atoms with Crippen LogP contribution in [0.2, 0.25) is 0 Å². The number of nitrogens with one attached hydrogen (secondary N) is 2. The molecule has 1 aliphatic carbocycles. The molecule has 100 valence electrons. The Balaban J connectivity index is 1.75. The summed E-state index contributed by atoms with van der Waals surface area (Å²) in [5.74, 6) is 0.735. The van der Waals surface area contributed by atoms with E-state index in [0.29, 0.717) is 6.54 Å². The Kier molecular flexibility index (Phi) is 3.91. The van der Waals surface area contributed by atoms with Crippen molar-refractivity contribution in [1.29, 1.82) is 0 Å². The van der Waals surface area contributed by atoms with Crippen molar-refractivity contribution in [1.82, 2.24) is 15.2 Å². The van der Waals surface area contributed by atoms with E-state index in [4.69, 9.17) is 0 Å². The summed E-state index contributed by atoms with van der Waals surface area (Å²) in [4.78, 5) is 4.15. The molecule has 0 aromatic carbocycles. The Bertz CT molecular complexity index is 420. The number of aliphatic imine (C=N–C) groups is 1. The zero-order valence-electron chi connectivity index (χ0n) is 11.1. The lowest BCUT2D eigenvalue weighted by atomic mass is 9.80. The molecule has 18 heavy (non-hydrogen) atoms. The summed E-state index contributed by atoms with van der Waals surface area (Å²) in [7, 11) is 3.74. The third-order valence-corrected chi connectivity index (χ3v) is 3.45. The maximum atomic E-state index is 9.99. The summed E-state index contributed by atoms with van der Waals surface area (Å²) >= 11 is 0. The molecular weight excluding hydrogens is 228 g/mol. The van der Waals surface area contributed by atoms with E-state index in [9.17, 15) is 5.11 Å². The van der Waals surface area contributed by atoms with Gasteiger partial charge in [-0.05, 0) is 30.9 Å². The van der Waals surface area contributed by atoms with Crippen molar-refractivity contribution in [3.63, 3.8) is 0 Å². The molecule has 0 spiro atoms. The minimum atomic E-state index is -0.523. The van der Waals surface area contributed by atoms with Crippen molar-refractivity contribution < 1.29 is 5.11 Å². The highest BCUT2D eigenvalue weighted by molar-refractivity contribution is 5.79. The van der Waals surface area contributed by atoms with Gasteiger partial charge in [0.1, 0.15) is 0 Å². The first kappa shape index (κ1) is 13.0. The highest BCUT2D eigenvalue weighted by atomic mass is 16.3. The van der Waals surface area contributed by atoms with E-state index in [-0.39, 0.29) is 0 Å². The molecule has 1 aromatic rings. The average Bonchev–Trinajstić information content (AvgIpc) is 2.73. The Hall–Kier alpha value is -1.49. The van der Waals surface area contributed by atoms with Gasteiger partial charge in [-0.1, -0.05) is 0 Å². The number of nitrogens with zero attached hydrogens (tertiary/aromatic N) is 2. The number of hydrogen-bond acceptors (Lipinski definition) is 2. The Morgan fingerprint density at radius 2 is 2.28 bits per heavy atom. The van der Waals surface area contributed by atoms with Gasteiger partial charge in [-0.2, -0.15) is 0 Å². The Morgan fingerprint density at radius 1 is 1.50 bits per heavy atom. The maximum Gasteiger partial charge on any atom is 0.191 e. The van der Waals surface area contributed by atoms with Gasteiger partial charge in [0.2, 0.25) is 0 Å². The molecule has 1 fully saturated rings. The number of hydrogen-bond donors (Lipinski definition) is 3. The Labute approximate surface area is 108 Å². The third-order valence-electron chi connectivity index (χ3n) is 3.45. The van der Waals surface area contributed by atoms with E-state index >= 15 is 0 Å². The van der Waals surface area contributed by atoms with E-state index in [2.05, 4.69) is 27.9 Å². The summed E-state index contributed by atoms with van der Waals surface area (Å²) in [5.41, 5.74) is 0.687. The van der Waals surface area contributed by atoms with Crippen LogP contribution >= 0.6 is 0 Å². The molecule has 0 unspecified atom stereocenters. The second kappa shape index (κ2) is 5.44. The number of aliphatic hydroxyl groups is 1. The van der Waals surface area contributed by atoms with E-state index in [1.54, 1.807) is 7.05 Å². The molecular formula is C13H22N4O. The van der Waals surface area contributed by atoms with Crippen molar-refractivity contribution in [2.75, 3.05) is 13.6 Å². The molecule has 0 aliphatic heterocycles. The largest absolute Gasteiger partial charge is 0.388 e. The second-order valence-corrected chi connectivity index (χ2v) is 5.04. The molecule has 0 amide bonds. The fourth-order valence-electron chi connectivity index (χ4n) is 2.08. The van der Waals surface area contributed by atoms with Gasteiger partial charge in [0.15, 0.2) is 5.96 Å². The molecule has 1 aromatic heterocycles. The van der Waals surface area contributed by atoms with Crippen LogP contribution in [0.3, 0.4) is 0 Å². The standard InChI is InChI=1S/C13H22N4O/c1-14-12(16-10-13(18)5-3-6-13)15-8-11-4-7-17(2)9-11/h4,7,9,18H,3,5-6,8,10H2,1-2H3,(H2,14,15,16). The fraction of sp³-hybridized carbons (Fsp3) is 0.615. The van der Waals surface area contributed by atoms with Gasteiger partial charge in [0.25, 0.3) is 0 Å². The molecule has 0 saturated heterocycles. The number of guanidine groups is 1. The molecule has 3 N–H and O–H groups in total. The summed E-state index contributed by atoms with van der Waals surface area (Å²) in [6.45, 7) is 1.31. The third kappa shape index (κ3) is 3.26. The first-order valence-electron chi connectivity index (χ1n) is 6.39. The topological polar surface area (TPSA) is 61.6 Å². The summed E-state index contributed by atoms with van der Waals surface area (Å²) in [6, 6.07) is 2.07. The van der Waals surface area contributed by atoms with Crippen LogP contribution in [0, 0.1) is 0 Å². The van der Waals surface area contributed by atoms with Gasteiger partial charge in [-0.3, -0.25) is 4.99 Å². The fourth-order valence-corrected chi connectivity index (χ4v) is 2.08. The van der Waals surface area contributed by atoms with Crippen LogP contribution in [0.4, 0.5) is 0 Å². The quantitative estimate of drug-likeness (QED) is 0.542. The van der Waals surface area contributed by atoms with Gasteiger partial charge in [-0.15, -0.1) is 0 Å². The molecule has 2 rings (SSSR count). The Morgan fingerprint density at radius 3 is 2.78 bits per heavy atom. The monoisotopic (exact) mass is 250 g/mol. The molecule has 5 nitrogen and oxygen atoms in total. The molecule has 0 atom stereocenters. The van der Waals surface area contributed by atoms with Crippen LogP contribution in [0.25, 0.3) is 0 Å².